The van der Waals surface area contributed by atoms with Gasteiger partial charge in [-0.1, -0.05) is 32.4 Å². The first kappa shape index (κ1) is 12.8. The van der Waals surface area contributed by atoms with Gasteiger partial charge in [0, 0.05) is 24.4 Å². The molecule has 4 heteroatoms. The fourth-order valence-corrected chi connectivity index (χ4v) is 1.29. The highest BCUT2D eigenvalue weighted by molar-refractivity contribution is 6.29. The van der Waals surface area contributed by atoms with Gasteiger partial charge in [0.15, 0.2) is 0 Å². The zero-order chi connectivity index (χ0) is 12.2. The van der Waals surface area contributed by atoms with Gasteiger partial charge in [-0.15, -0.1) is 12.3 Å². The van der Waals surface area contributed by atoms with Crippen LogP contribution in [0.1, 0.15) is 33.0 Å². The van der Waals surface area contributed by atoms with Crippen LogP contribution in [0.15, 0.2) is 6.07 Å². The summed E-state index contributed by atoms with van der Waals surface area (Å²) in [4.78, 5) is 8.61. The lowest BCUT2D eigenvalue weighted by molar-refractivity contribution is 0.546. The van der Waals surface area contributed by atoms with E-state index in [4.69, 9.17) is 18.0 Å². The molecule has 16 heavy (non-hydrogen) atoms. The van der Waals surface area contributed by atoms with Gasteiger partial charge in [-0.25, -0.2) is 9.97 Å². The van der Waals surface area contributed by atoms with Crippen molar-refractivity contribution < 1.29 is 0 Å². The molecule has 1 aromatic rings. The maximum absolute atomic E-state index is 5.94. The topological polar surface area (TPSA) is 37.8 Å². The van der Waals surface area contributed by atoms with Crippen LogP contribution in [-0.4, -0.2) is 16.5 Å². The zero-order valence-electron chi connectivity index (χ0n) is 9.84. The molecule has 0 bridgehead atoms. The van der Waals surface area contributed by atoms with E-state index in [9.17, 15) is 0 Å². The fraction of sp³-hybridized carbons (Fsp3) is 0.500. The summed E-state index contributed by atoms with van der Waals surface area (Å²) in [5, 5.41) is 3.57. The van der Waals surface area contributed by atoms with E-state index in [0.29, 0.717) is 18.1 Å². The second-order valence-corrected chi connectivity index (χ2v) is 4.92. The number of hydrogen-bond acceptors (Lipinski definition) is 3. The average molecular weight is 238 g/mol. The lowest BCUT2D eigenvalue weighted by atomic mass is 9.96. The van der Waals surface area contributed by atoms with Gasteiger partial charge in [0.1, 0.15) is 16.8 Å². The van der Waals surface area contributed by atoms with Crippen LogP contribution in [0, 0.1) is 12.3 Å². The molecular weight excluding hydrogens is 222 g/mol. The Morgan fingerprint density at radius 3 is 2.69 bits per heavy atom. The predicted molar refractivity (Wildman–Crippen MR) is 67.7 cm³/mol. The molecule has 0 aromatic carbocycles. The van der Waals surface area contributed by atoms with Crippen molar-refractivity contribution in [2.24, 2.45) is 0 Å². The lowest BCUT2D eigenvalue weighted by Gasteiger charge is -2.17. The molecule has 3 nitrogen and oxygen atoms in total. The van der Waals surface area contributed by atoms with Crippen LogP contribution in [-0.2, 0) is 5.41 Å². The molecule has 0 atom stereocenters. The molecule has 1 N–H and O–H groups in total. The molecule has 86 valence electrons. The third-order valence-electron chi connectivity index (χ3n) is 1.94. The molecule has 1 heterocycles. The third-order valence-corrected chi connectivity index (χ3v) is 2.13. The molecule has 0 fully saturated rings. The van der Waals surface area contributed by atoms with E-state index >= 15 is 0 Å². The van der Waals surface area contributed by atoms with E-state index in [1.54, 1.807) is 6.07 Å². The molecule has 0 aliphatic heterocycles. The highest BCUT2D eigenvalue weighted by Crippen LogP contribution is 2.22. The Labute approximate surface area is 102 Å². The molecule has 0 amide bonds. The van der Waals surface area contributed by atoms with Gasteiger partial charge in [-0.3, -0.25) is 0 Å². The van der Waals surface area contributed by atoms with Crippen molar-refractivity contribution >= 4 is 17.4 Å². The van der Waals surface area contributed by atoms with Crippen molar-refractivity contribution in [1.29, 1.82) is 0 Å². The summed E-state index contributed by atoms with van der Waals surface area (Å²) < 4.78 is 0. The first-order valence-corrected chi connectivity index (χ1v) is 5.53. The van der Waals surface area contributed by atoms with Crippen molar-refractivity contribution in [2.75, 3.05) is 11.9 Å². The van der Waals surface area contributed by atoms with Crippen LogP contribution >= 0.6 is 11.6 Å². The van der Waals surface area contributed by atoms with Gasteiger partial charge >= 0.3 is 0 Å². The molecule has 1 rings (SSSR count). The van der Waals surface area contributed by atoms with Crippen LogP contribution in [0.25, 0.3) is 0 Å². The van der Waals surface area contributed by atoms with Crippen LogP contribution < -0.4 is 5.32 Å². The van der Waals surface area contributed by atoms with Gasteiger partial charge in [0.25, 0.3) is 0 Å². The SMILES string of the molecule is C#CCCNc1cc(Cl)nc(C(C)(C)C)n1. The number of hydrogen-bond donors (Lipinski definition) is 1. The highest BCUT2D eigenvalue weighted by Gasteiger charge is 2.18. The summed E-state index contributed by atoms with van der Waals surface area (Å²) in [7, 11) is 0. The van der Waals surface area contributed by atoms with E-state index in [1.807, 2.05) is 20.8 Å². The molecule has 0 aliphatic carbocycles. The number of halogens is 1. The van der Waals surface area contributed by atoms with E-state index < -0.39 is 0 Å². The van der Waals surface area contributed by atoms with Crippen molar-refractivity contribution in [3.63, 3.8) is 0 Å². The fourth-order valence-electron chi connectivity index (χ4n) is 1.11. The minimum absolute atomic E-state index is 0.118. The summed E-state index contributed by atoms with van der Waals surface area (Å²) in [5.74, 6) is 4.01. The molecule has 0 saturated heterocycles. The van der Waals surface area contributed by atoms with Crippen molar-refractivity contribution in [2.45, 2.75) is 32.6 Å². The Bertz CT molecular complexity index is 402. The molecule has 0 saturated carbocycles. The Kier molecular flexibility index (Phi) is 4.14. The smallest absolute Gasteiger partial charge is 0.137 e. The Hall–Kier alpha value is -1.27. The quantitative estimate of drug-likeness (QED) is 0.499. The van der Waals surface area contributed by atoms with Gasteiger partial charge in [-0.2, -0.15) is 0 Å². The molecule has 0 spiro atoms. The molecule has 0 unspecified atom stereocenters. The zero-order valence-corrected chi connectivity index (χ0v) is 10.6. The van der Waals surface area contributed by atoms with Crippen LogP contribution in [0.5, 0.6) is 0 Å². The van der Waals surface area contributed by atoms with Crippen LogP contribution in [0.2, 0.25) is 5.15 Å². The number of rotatable bonds is 3. The number of aromatic nitrogens is 2. The number of terminal acetylenes is 1. The van der Waals surface area contributed by atoms with Gasteiger partial charge in [-0.05, 0) is 0 Å². The second kappa shape index (κ2) is 5.18. The predicted octanol–water partition coefficient (Wildman–Crippen LogP) is 2.86. The summed E-state index contributed by atoms with van der Waals surface area (Å²) in [6, 6.07) is 1.70. The van der Waals surface area contributed by atoms with Crippen molar-refractivity contribution in [3.8, 4) is 12.3 Å². The normalized spacial score (nSPS) is 10.9. The molecule has 0 radical (unpaired) electrons. The summed E-state index contributed by atoms with van der Waals surface area (Å²) >= 11 is 5.94. The van der Waals surface area contributed by atoms with Crippen molar-refractivity contribution in [1.82, 2.24) is 9.97 Å². The third kappa shape index (κ3) is 3.71. The van der Waals surface area contributed by atoms with Crippen LogP contribution in [0.3, 0.4) is 0 Å². The first-order chi connectivity index (χ1) is 7.43. The van der Waals surface area contributed by atoms with Crippen LogP contribution in [0.4, 0.5) is 5.82 Å². The number of anilines is 1. The lowest BCUT2D eigenvalue weighted by Crippen LogP contribution is -2.17. The number of nitrogens with zero attached hydrogens (tertiary/aromatic N) is 2. The van der Waals surface area contributed by atoms with Gasteiger partial charge in [0.05, 0.1) is 0 Å². The van der Waals surface area contributed by atoms with E-state index in [2.05, 4.69) is 21.2 Å². The Morgan fingerprint density at radius 2 is 2.12 bits per heavy atom. The highest BCUT2D eigenvalue weighted by atomic mass is 35.5. The van der Waals surface area contributed by atoms with E-state index in [0.717, 1.165) is 11.6 Å². The van der Waals surface area contributed by atoms with E-state index in [1.165, 1.54) is 0 Å². The monoisotopic (exact) mass is 237 g/mol. The number of nitrogens with one attached hydrogen (secondary N) is 1. The molecule has 1 aromatic heterocycles. The van der Waals surface area contributed by atoms with Gasteiger partial charge < -0.3 is 5.32 Å². The molecule has 0 aliphatic rings. The minimum Gasteiger partial charge on any atom is -0.369 e. The first-order valence-electron chi connectivity index (χ1n) is 5.16. The summed E-state index contributed by atoms with van der Waals surface area (Å²) in [5.41, 5.74) is -0.118. The minimum atomic E-state index is -0.118. The molecular formula is C12H16ClN3. The van der Waals surface area contributed by atoms with Gasteiger partial charge in [0.2, 0.25) is 0 Å². The maximum atomic E-state index is 5.94. The average Bonchev–Trinajstić information content (AvgIpc) is 2.16. The Morgan fingerprint density at radius 1 is 1.44 bits per heavy atom. The summed E-state index contributed by atoms with van der Waals surface area (Å²) in [6.45, 7) is 6.82. The van der Waals surface area contributed by atoms with E-state index in [-0.39, 0.29) is 5.41 Å². The largest absolute Gasteiger partial charge is 0.369 e. The summed E-state index contributed by atoms with van der Waals surface area (Å²) in [6.07, 6.45) is 5.83. The Balaban J connectivity index is 2.87. The maximum Gasteiger partial charge on any atom is 0.137 e. The second-order valence-electron chi connectivity index (χ2n) is 4.53. The standard InChI is InChI=1S/C12H16ClN3/c1-5-6-7-14-10-8-9(13)15-11(16-10)12(2,3)4/h1,8H,6-7H2,2-4H3,(H,14,15,16). The van der Waals surface area contributed by atoms with Crippen molar-refractivity contribution in [3.05, 3.63) is 17.0 Å².